The van der Waals surface area contributed by atoms with Crippen LogP contribution < -0.4 is 0 Å². The van der Waals surface area contributed by atoms with Gasteiger partial charge in [-0.3, -0.25) is 0 Å². The van der Waals surface area contributed by atoms with Crippen molar-refractivity contribution in [1.29, 1.82) is 0 Å². The highest BCUT2D eigenvalue weighted by atomic mass is 16.3. The molecule has 15 heavy (non-hydrogen) atoms. The zero-order valence-electron chi connectivity index (χ0n) is 8.74. The van der Waals surface area contributed by atoms with Crippen LogP contribution in [0.3, 0.4) is 0 Å². The maximum atomic E-state index is 9.44. The van der Waals surface area contributed by atoms with Crippen molar-refractivity contribution in [2.75, 3.05) is 13.2 Å². The van der Waals surface area contributed by atoms with Crippen molar-refractivity contribution in [3.63, 3.8) is 0 Å². The molecule has 80 valence electrons. The van der Waals surface area contributed by atoms with Gasteiger partial charge >= 0.3 is 0 Å². The van der Waals surface area contributed by atoms with E-state index in [0.29, 0.717) is 0 Å². The molecule has 2 N–H and O–H groups in total. The van der Waals surface area contributed by atoms with Crippen LogP contribution in [0.25, 0.3) is 0 Å². The summed E-state index contributed by atoms with van der Waals surface area (Å²) in [7, 11) is 0. The first-order valence-electron chi connectivity index (χ1n) is 5.62. The zero-order chi connectivity index (χ0) is 10.5. The Morgan fingerprint density at radius 3 is 1.80 bits per heavy atom. The lowest BCUT2D eigenvalue weighted by atomic mass is 9.47. The molecule has 0 aromatic carbocycles. The Bertz CT molecular complexity index is 355. The minimum absolute atomic E-state index is 0.0502. The SMILES string of the molecule is OCC1=C(CO)[C@]23C=CC=C[C@]12CCC3. The summed E-state index contributed by atoms with van der Waals surface area (Å²) in [6.07, 6.45) is 12.0. The Morgan fingerprint density at radius 1 is 0.933 bits per heavy atom. The van der Waals surface area contributed by atoms with E-state index >= 15 is 0 Å². The van der Waals surface area contributed by atoms with E-state index in [9.17, 15) is 10.2 Å². The highest BCUT2D eigenvalue weighted by Crippen LogP contribution is 2.71. The van der Waals surface area contributed by atoms with Crippen LogP contribution in [0.2, 0.25) is 0 Å². The summed E-state index contributed by atoms with van der Waals surface area (Å²) in [5.74, 6) is 0. The van der Waals surface area contributed by atoms with Gasteiger partial charge < -0.3 is 10.2 Å². The molecule has 0 aromatic heterocycles. The van der Waals surface area contributed by atoms with Crippen LogP contribution in [-0.2, 0) is 0 Å². The number of hydrogen-bond acceptors (Lipinski definition) is 2. The van der Waals surface area contributed by atoms with Gasteiger partial charge in [-0.25, -0.2) is 0 Å². The van der Waals surface area contributed by atoms with Crippen LogP contribution in [0.5, 0.6) is 0 Å². The van der Waals surface area contributed by atoms with E-state index in [4.69, 9.17) is 0 Å². The Hall–Kier alpha value is -0.860. The molecule has 0 radical (unpaired) electrons. The standard InChI is InChI=1S/C13H16O2/c14-8-10-11(9-15)13-5-2-1-4-12(10,13)6-3-7-13/h1-2,4-5,14-15H,3,6-9H2/t12-,13+. The molecule has 0 aromatic rings. The summed E-state index contributed by atoms with van der Waals surface area (Å²) in [4.78, 5) is 0. The normalized spacial score (nSPS) is 41.5. The van der Waals surface area contributed by atoms with Crippen LogP contribution in [0.1, 0.15) is 19.3 Å². The van der Waals surface area contributed by atoms with Gasteiger partial charge in [0.2, 0.25) is 0 Å². The van der Waals surface area contributed by atoms with Gasteiger partial charge in [-0.05, 0) is 24.0 Å². The molecule has 0 aliphatic heterocycles. The van der Waals surface area contributed by atoms with E-state index in [1.165, 1.54) is 6.42 Å². The second-order valence-corrected chi connectivity index (χ2v) is 4.79. The van der Waals surface area contributed by atoms with Crippen molar-refractivity contribution >= 4 is 0 Å². The van der Waals surface area contributed by atoms with Gasteiger partial charge in [-0.1, -0.05) is 30.7 Å². The van der Waals surface area contributed by atoms with Gasteiger partial charge in [0.1, 0.15) is 0 Å². The fraction of sp³-hybridized carbons (Fsp3) is 0.538. The van der Waals surface area contributed by atoms with E-state index in [2.05, 4.69) is 24.3 Å². The molecule has 0 spiro atoms. The molecule has 0 heterocycles. The van der Waals surface area contributed by atoms with Crippen LogP contribution in [0.15, 0.2) is 35.5 Å². The van der Waals surface area contributed by atoms with Crippen molar-refractivity contribution in [1.82, 2.24) is 0 Å². The molecule has 0 saturated heterocycles. The average molecular weight is 204 g/mol. The smallest absolute Gasteiger partial charge is 0.0654 e. The first kappa shape index (κ1) is 9.37. The summed E-state index contributed by atoms with van der Waals surface area (Å²) < 4.78 is 0. The quantitative estimate of drug-likeness (QED) is 0.670. The van der Waals surface area contributed by atoms with Gasteiger partial charge in [-0.15, -0.1) is 0 Å². The van der Waals surface area contributed by atoms with Crippen LogP contribution >= 0.6 is 0 Å². The van der Waals surface area contributed by atoms with E-state index in [0.717, 1.165) is 24.0 Å². The molecule has 0 unspecified atom stereocenters. The monoisotopic (exact) mass is 204 g/mol. The fourth-order valence-corrected chi connectivity index (χ4v) is 3.99. The number of hydrogen-bond donors (Lipinski definition) is 2. The van der Waals surface area contributed by atoms with Crippen molar-refractivity contribution < 1.29 is 10.2 Å². The van der Waals surface area contributed by atoms with Crippen molar-refractivity contribution in [3.8, 4) is 0 Å². The molecular weight excluding hydrogens is 188 g/mol. The molecule has 1 saturated carbocycles. The highest BCUT2D eigenvalue weighted by Gasteiger charge is 2.63. The molecule has 2 atom stereocenters. The van der Waals surface area contributed by atoms with Crippen LogP contribution in [0.4, 0.5) is 0 Å². The summed E-state index contributed by atoms with van der Waals surface area (Å²) in [5, 5.41) is 18.9. The molecule has 2 nitrogen and oxygen atoms in total. The van der Waals surface area contributed by atoms with Crippen LogP contribution in [-0.4, -0.2) is 23.4 Å². The molecule has 1 fully saturated rings. The van der Waals surface area contributed by atoms with E-state index in [-0.39, 0.29) is 24.0 Å². The molecular formula is C13H16O2. The molecule has 0 amide bonds. The fourth-order valence-electron chi connectivity index (χ4n) is 3.99. The van der Waals surface area contributed by atoms with Crippen molar-refractivity contribution in [2.24, 2.45) is 10.8 Å². The Kier molecular flexibility index (Phi) is 1.77. The van der Waals surface area contributed by atoms with Gasteiger partial charge in [0.15, 0.2) is 0 Å². The molecule has 3 aliphatic carbocycles. The van der Waals surface area contributed by atoms with Gasteiger partial charge in [0, 0.05) is 10.8 Å². The Balaban J connectivity index is 2.19. The molecule has 3 aliphatic rings. The van der Waals surface area contributed by atoms with Gasteiger partial charge in [-0.2, -0.15) is 0 Å². The minimum Gasteiger partial charge on any atom is -0.392 e. The lowest BCUT2D eigenvalue weighted by molar-refractivity contribution is 0.140. The van der Waals surface area contributed by atoms with E-state index in [1.54, 1.807) is 0 Å². The maximum absolute atomic E-state index is 9.44. The molecule has 2 heteroatoms. The summed E-state index contributed by atoms with van der Waals surface area (Å²) >= 11 is 0. The van der Waals surface area contributed by atoms with E-state index < -0.39 is 0 Å². The lowest BCUT2D eigenvalue weighted by Gasteiger charge is -2.56. The van der Waals surface area contributed by atoms with Crippen molar-refractivity contribution in [3.05, 3.63) is 35.5 Å². The second-order valence-electron chi connectivity index (χ2n) is 4.79. The highest BCUT2D eigenvalue weighted by molar-refractivity contribution is 5.56. The third-order valence-electron chi connectivity index (χ3n) is 4.57. The zero-order valence-corrected chi connectivity index (χ0v) is 8.74. The lowest BCUT2D eigenvalue weighted by Crippen LogP contribution is -2.51. The second kappa shape index (κ2) is 2.83. The predicted molar refractivity (Wildman–Crippen MR) is 58.2 cm³/mol. The number of allylic oxidation sites excluding steroid dienone is 4. The first-order chi connectivity index (χ1) is 7.31. The van der Waals surface area contributed by atoms with Crippen LogP contribution in [0, 0.1) is 10.8 Å². The topological polar surface area (TPSA) is 40.5 Å². The molecule has 0 bridgehead atoms. The van der Waals surface area contributed by atoms with Crippen molar-refractivity contribution in [2.45, 2.75) is 19.3 Å². The third kappa shape index (κ3) is 0.800. The summed E-state index contributed by atoms with van der Waals surface area (Å²) in [6.45, 7) is 0.186. The predicted octanol–water partition coefficient (Wildman–Crippen LogP) is 1.56. The number of rotatable bonds is 2. The first-order valence-corrected chi connectivity index (χ1v) is 5.62. The Morgan fingerprint density at radius 2 is 1.40 bits per heavy atom. The third-order valence-corrected chi connectivity index (χ3v) is 4.57. The van der Waals surface area contributed by atoms with Gasteiger partial charge in [0.05, 0.1) is 13.2 Å². The number of aliphatic hydroxyl groups is 2. The summed E-state index contributed by atoms with van der Waals surface area (Å²) in [5.41, 5.74) is 2.24. The minimum atomic E-state index is 0.0502. The molecule has 3 rings (SSSR count). The summed E-state index contributed by atoms with van der Waals surface area (Å²) in [6, 6.07) is 0. The Labute approximate surface area is 89.6 Å². The largest absolute Gasteiger partial charge is 0.392 e. The van der Waals surface area contributed by atoms with E-state index in [1.807, 2.05) is 0 Å². The van der Waals surface area contributed by atoms with Gasteiger partial charge in [0.25, 0.3) is 0 Å². The number of aliphatic hydroxyl groups excluding tert-OH is 2. The average Bonchev–Trinajstić information content (AvgIpc) is 2.58. The maximum Gasteiger partial charge on any atom is 0.0654 e.